The largest absolute Gasteiger partial charge is 0.493 e. The van der Waals surface area contributed by atoms with Gasteiger partial charge >= 0.3 is 11.9 Å². The van der Waals surface area contributed by atoms with Gasteiger partial charge in [0.1, 0.15) is 22.7 Å². The van der Waals surface area contributed by atoms with Crippen LogP contribution in [0.1, 0.15) is 46.0 Å². The molecule has 0 aliphatic heterocycles. The van der Waals surface area contributed by atoms with Gasteiger partial charge in [0.2, 0.25) is 0 Å². The van der Waals surface area contributed by atoms with Crippen molar-refractivity contribution in [2.45, 2.75) is 26.7 Å². The molecule has 0 bridgehead atoms. The van der Waals surface area contributed by atoms with Crippen molar-refractivity contribution in [1.82, 2.24) is 4.98 Å². The Balaban J connectivity index is 2.36. The average Bonchev–Trinajstić information content (AvgIpc) is 2.73. The molecule has 3 rings (SSSR count). The smallest absolute Gasteiger partial charge is 0.342 e. The molecule has 0 spiro atoms. The zero-order chi connectivity index (χ0) is 23.4. The first-order valence-electron chi connectivity index (χ1n) is 10.1. The molecule has 3 aromatic rings. The fourth-order valence-electron chi connectivity index (χ4n) is 3.42. The zero-order valence-corrected chi connectivity index (χ0v) is 17.8. The number of hydrogen-bond donors (Lipinski definition) is 4. The summed E-state index contributed by atoms with van der Waals surface area (Å²) in [6.07, 6.45) is 1.61. The van der Waals surface area contributed by atoms with E-state index in [0.29, 0.717) is 12.2 Å². The molecule has 0 fully saturated rings. The van der Waals surface area contributed by atoms with Crippen molar-refractivity contribution in [3.05, 3.63) is 69.5 Å². The summed E-state index contributed by atoms with van der Waals surface area (Å²) in [5, 5.41) is 19.5. The van der Waals surface area contributed by atoms with Crippen LogP contribution in [-0.2, 0) is 0 Å². The molecule has 0 aliphatic carbocycles. The van der Waals surface area contributed by atoms with Crippen molar-refractivity contribution < 1.29 is 24.5 Å². The monoisotopic (exact) mass is 436 g/mol. The highest BCUT2D eigenvalue weighted by molar-refractivity contribution is 6.08. The zero-order valence-electron chi connectivity index (χ0n) is 17.8. The quantitative estimate of drug-likeness (QED) is 0.388. The van der Waals surface area contributed by atoms with Gasteiger partial charge in [-0.15, -0.1) is 0 Å². The number of hydrogen-bond acceptors (Lipinski definition) is 5. The van der Waals surface area contributed by atoms with Crippen LogP contribution in [0.2, 0.25) is 0 Å². The number of nitrogens with one attached hydrogen (secondary N) is 1. The molecule has 0 aliphatic rings. The van der Waals surface area contributed by atoms with Gasteiger partial charge in [0.15, 0.2) is 0 Å². The van der Waals surface area contributed by atoms with Crippen LogP contribution in [-0.4, -0.2) is 33.7 Å². The SMILES string of the molecule is CCCCOc1ccc(-c2ccc(C)cc2)cc1-c1c(C(=O)O)c(N)[nH]c(=O)c1C(=O)O. The first-order chi connectivity index (χ1) is 15.2. The highest BCUT2D eigenvalue weighted by atomic mass is 16.5. The normalized spacial score (nSPS) is 10.7. The van der Waals surface area contributed by atoms with E-state index in [1.807, 2.05) is 38.1 Å². The number of ether oxygens (including phenoxy) is 1. The van der Waals surface area contributed by atoms with Crippen LogP contribution in [0.25, 0.3) is 22.3 Å². The number of aromatic nitrogens is 1. The minimum Gasteiger partial charge on any atom is -0.493 e. The minimum atomic E-state index is -1.57. The molecule has 2 aromatic carbocycles. The van der Waals surface area contributed by atoms with E-state index in [2.05, 4.69) is 4.98 Å². The fraction of sp³-hybridized carbons (Fsp3) is 0.208. The molecule has 1 heterocycles. The van der Waals surface area contributed by atoms with Crippen LogP contribution in [0.3, 0.4) is 0 Å². The van der Waals surface area contributed by atoms with Gasteiger partial charge < -0.3 is 25.7 Å². The van der Waals surface area contributed by atoms with Crippen molar-refractivity contribution in [3.63, 3.8) is 0 Å². The van der Waals surface area contributed by atoms with Gasteiger partial charge in [-0.05, 0) is 36.6 Å². The summed E-state index contributed by atoms with van der Waals surface area (Å²) in [6, 6.07) is 12.7. The Labute approximate surface area is 184 Å². The topological polar surface area (TPSA) is 143 Å². The molecule has 5 N–H and O–H groups in total. The van der Waals surface area contributed by atoms with E-state index >= 15 is 0 Å². The summed E-state index contributed by atoms with van der Waals surface area (Å²) >= 11 is 0. The average molecular weight is 436 g/mol. The number of rotatable bonds is 8. The number of aromatic carboxylic acids is 2. The van der Waals surface area contributed by atoms with Gasteiger partial charge in [0.05, 0.1) is 6.61 Å². The lowest BCUT2D eigenvalue weighted by atomic mass is 9.92. The molecular weight excluding hydrogens is 412 g/mol. The van der Waals surface area contributed by atoms with Gasteiger partial charge in [0.25, 0.3) is 5.56 Å². The van der Waals surface area contributed by atoms with Crippen molar-refractivity contribution in [1.29, 1.82) is 0 Å². The molecule has 32 heavy (non-hydrogen) atoms. The van der Waals surface area contributed by atoms with Gasteiger partial charge in [-0.3, -0.25) is 4.79 Å². The summed E-state index contributed by atoms with van der Waals surface area (Å²) in [5.41, 5.74) is 6.09. The molecule has 0 saturated heterocycles. The molecular formula is C24H24N2O6. The lowest BCUT2D eigenvalue weighted by Crippen LogP contribution is -2.24. The molecule has 0 saturated carbocycles. The summed E-state index contributed by atoms with van der Waals surface area (Å²) in [4.78, 5) is 38.6. The molecule has 8 nitrogen and oxygen atoms in total. The van der Waals surface area contributed by atoms with E-state index in [9.17, 15) is 24.6 Å². The van der Waals surface area contributed by atoms with Crippen LogP contribution in [0.5, 0.6) is 5.75 Å². The Morgan fingerprint density at radius 2 is 1.62 bits per heavy atom. The third-order valence-corrected chi connectivity index (χ3v) is 5.06. The van der Waals surface area contributed by atoms with Crippen molar-refractivity contribution in [2.24, 2.45) is 0 Å². The fourth-order valence-corrected chi connectivity index (χ4v) is 3.42. The number of unbranched alkanes of at least 4 members (excludes halogenated alkanes) is 1. The van der Waals surface area contributed by atoms with Crippen LogP contribution in [0.4, 0.5) is 5.82 Å². The number of nitrogens with two attached hydrogens (primary N) is 1. The third kappa shape index (κ3) is 4.49. The van der Waals surface area contributed by atoms with Crippen molar-refractivity contribution in [3.8, 4) is 28.0 Å². The Kier molecular flexibility index (Phi) is 6.63. The van der Waals surface area contributed by atoms with Crippen molar-refractivity contribution in [2.75, 3.05) is 12.3 Å². The number of carboxylic acid groups (broad SMARTS) is 2. The van der Waals surface area contributed by atoms with E-state index < -0.39 is 34.4 Å². The van der Waals surface area contributed by atoms with Crippen LogP contribution in [0.15, 0.2) is 47.3 Å². The molecule has 0 radical (unpaired) electrons. The van der Waals surface area contributed by atoms with Gasteiger partial charge in [-0.2, -0.15) is 0 Å². The Morgan fingerprint density at radius 1 is 1.00 bits per heavy atom. The number of aryl methyl sites for hydroxylation is 1. The predicted octanol–water partition coefficient (Wildman–Crippen LogP) is 4.17. The minimum absolute atomic E-state index is 0.173. The number of pyridine rings is 1. The van der Waals surface area contributed by atoms with Gasteiger partial charge in [-0.1, -0.05) is 49.2 Å². The molecule has 1 aromatic heterocycles. The maximum absolute atomic E-state index is 12.5. The summed E-state index contributed by atoms with van der Waals surface area (Å²) in [6.45, 7) is 4.29. The van der Waals surface area contributed by atoms with E-state index in [1.54, 1.807) is 18.2 Å². The highest BCUT2D eigenvalue weighted by Gasteiger charge is 2.28. The predicted molar refractivity (Wildman–Crippen MR) is 121 cm³/mol. The number of H-pyrrole nitrogens is 1. The second kappa shape index (κ2) is 9.38. The standard InChI is InChI=1S/C24H24N2O6/c1-3-4-11-32-17-10-9-15(14-7-5-13(2)6-8-14)12-16(17)18-19(23(28)29)21(25)26-22(27)20(18)24(30)31/h5-10,12H,3-4,11H2,1-2H3,(H,28,29)(H,30,31)(H3,25,26,27). The third-order valence-electron chi connectivity index (χ3n) is 5.06. The second-order valence-corrected chi connectivity index (χ2v) is 7.38. The Bertz CT molecular complexity index is 1230. The summed E-state index contributed by atoms with van der Waals surface area (Å²) in [5.74, 6) is -3.19. The summed E-state index contributed by atoms with van der Waals surface area (Å²) in [7, 11) is 0. The van der Waals surface area contributed by atoms with Crippen LogP contribution in [0, 0.1) is 6.92 Å². The van der Waals surface area contributed by atoms with E-state index in [4.69, 9.17) is 10.5 Å². The first-order valence-corrected chi connectivity index (χ1v) is 10.1. The molecule has 166 valence electrons. The lowest BCUT2D eigenvalue weighted by molar-refractivity contribution is 0.0695. The van der Waals surface area contributed by atoms with Crippen LogP contribution < -0.4 is 16.0 Å². The molecule has 8 heteroatoms. The number of carbonyl (C=O) groups is 2. The highest BCUT2D eigenvalue weighted by Crippen LogP contribution is 2.39. The van der Waals surface area contributed by atoms with Crippen LogP contribution >= 0.6 is 0 Å². The number of anilines is 1. The number of benzene rings is 2. The first kappa shape index (κ1) is 22.6. The van der Waals surface area contributed by atoms with E-state index in [0.717, 1.165) is 24.0 Å². The maximum Gasteiger partial charge on any atom is 0.342 e. The van der Waals surface area contributed by atoms with Gasteiger partial charge in [-0.25, -0.2) is 9.59 Å². The number of aromatic amines is 1. The second-order valence-electron chi connectivity index (χ2n) is 7.38. The van der Waals surface area contributed by atoms with E-state index in [1.165, 1.54) is 0 Å². The Hall–Kier alpha value is -4.07. The number of nitrogen functional groups attached to an aromatic ring is 1. The molecule has 0 amide bonds. The Morgan fingerprint density at radius 3 is 2.22 bits per heavy atom. The van der Waals surface area contributed by atoms with Crippen molar-refractivity contribution >= 4 is 17.8 Å². The molecule has 0 unspecified atom stereocenters. The maximum atomic E-state index is 12.5. The van der Waals surface area contributed by atoms with Gasteiger partial charge in [0, 0.05) is 11.1 Å². The lowest BCUT2D eigenvalue weighted by Gasteiger charge is -2.17. The van der Waals surface area contributed by atoms with E-state index in [-0.39, 0.29) is 16.9 Å². The number of carboxylic acids is 2. The molecule has 0 atom stereocenters. The summed E-state index contributed by atoms with van der Waals surface area (Å²) < 4.78 is 5.85.